The van der Waals surface area contributed by atoms with Crippen LogP contribution >= 0.6 is 0 Å². The van der Waals surface area contributed by atoms with Crippen LogP contribution in [-0.2, 0) is 4.79 Å². The second-order valence-corrected chi connectivity index (χ2v) is 8.14. The number of likely N-dealkylation sites (tertiary alicyclic amines) is 1. The Bertz CT molecular complexity index is 914. The number of Topliss-reactive ketones (excluding diaryl/α,β-unsaturated/α-hetero) is 1. The molecule has 0 unspecified atom stereocenters. The van der Waals surface area contributed by atoms with Crippen molar-refractivity contribution in [2.24, 2.45) is 0 Å². The fourth-order valence-corrected chi connectivity index (χ4v) is 4.31. The fraction of sp³-hybridized carbons (Fsp3) is 0.417. The highest BCUT2D eigenvalue weighted by Gasteiger charge is 2.44. The summed E-state index contributed by atoms with van der Waals surface area (Å²) in [6, 6.07) is 13.5. The zero-order valence-electron chi connectivity index (χ0n) is 17.1. The highest BCUT2D eigenvalue weighted by Crippen LogP contribution is 2.41. The minimum atomic E-state index is -0.485. The smallest absolute Gasteiger partial charge is 0.226 e. The first-order chi connectivity index (χ1) is 14.0. The summed E-state index contributed by atoms with van der Waals surface area (Å²) in [5, 5.41) is 0. The first kappa shape index (κ1) is 19.5. The number of piperidine rings is 1. The molecule has 0 atom stereocenters. The van der Waals surface area contributed by atoms with Gasteiger partial charge in [-0.05, 0) is 43.2 Å². The van der Waals surface area contributed by atoms with Crippen molar-refractivity contribution < 1.29 is 19.1 Å². The molecule has 0 aromatic heterocycles. The molecule has 4 rings (SSSR count). The lowest BCUT2D eigenvalue weighted by Gasteiger charge is -2.44. The number of hydrogen-bond acceptors (Lipinski definition) is 4. The number of carbonyl (C=O) groups is 2. The van der Waals surface area contributed by atoms with E-state index in [2.05, 4.69) is 6.07 Å². The van der Waals surface area contributed by atoms with Gasteiger partial charge in [-0.3, -0.25) is 9.59 Å². The second kappa shape index (κ2) is 7.90. The van der Waals surface area contributed by atoms with Gasteiger partial charge < -0.3 is 14.4 Å². The van der Waals surface area contributed by atoms with Crippen LogP contribution in [-0.4, -0.2) is 41.9 Å². The van der Waals surface area contributed by atoms with Gasteiger partial charge in [0.1, 0.15) is 17.1 Å². The maximum atomic E-state index is 12.8. The number of ketones is 1. The molecule has 2 aliphatic heterocycles. The lowest BCUT2D eigenvalue weighted by molar-refractivity contribution is -0.135. The minimum absolute atomic E-state index is 0.0881. The molecule has 2 aliphatic rings. The number of hydrogen-bond donors (Lipinski definition) is 0. The number of benzene rings is 2. The number of fused-ring (bicyclic) bond motifs is 1. The van der Waals surface area contributed by atoms with Gasteiger partial charge in [0.05, 0.1) is 25.0 Å². The van der Waals surface area contributed by atoms with Crippen LogP contribution in [0.3, 0.4) is 0 Å². The minimum Gasteiger partial charge on any atom is -0.493 e. The Morgan fingerprint density at radius 3 is 2.59 bits per heavy atom. The number of carbonyl (C=O) groups excluding carboxylic acids is 2. The molecule has 0 N–H and O–H groups in total. The van der Waals surface area contributed by atoms with E-state index in [4.69, 9.17) is 9.47 Å². The van der Waals surface area contributed by atoms with E-state index in [1.807, 2.05) is 55.1 Å². The molecule has 1 amide bonds. The molecule has 1 spiro atoms. The van der Waals surface area contributed by atoms with Crippen LogP contribution in [0.15, 0.2) is 42.5 Å². The maximum Gasteiger partial charge on any atom is 0.226 e. The summed E-state index contributed by atoms with van der Waals surface area (Å²) in [5.41, 5.74) is 2.29. The van der Waals surface area contributed by atoms with Crippen LogP contribution in [0.25, 0.3) is 0 Å². The Labute approximate surface area is 171 Å². The van der Waals surface area contributed by atoms with Crippen molar-refractivity contribution >= 4 is 11.7 Å². The largest absolute Gasteiger partial charge is 0.493 e. The Kier molecular flexibility index (Phi) is 5.31. The highest BCUT2D eigenvalue weighted by atomic mass is 16.5. The van der Waals surface area contributed by atoms with Crippen molar-refractivity contribution in [3.05, 3.63) is 59.2 Å². The summed E-state index contributed by atoms with van der Waals surface area (Å²) in [4.78, 5) is 27.2. The van der Waals surface area contributed by atoms with Gasteiger partial charge in [0, 0.05) is 25.9 Å². The van der Waals surface area contributed by atoms with Gasteiger partial charge in [-0.15, -0.1) is 0 Å². The molecule has 0 bridgehead atoms. The summed E-state index contributed by atoms with van der Waals surface area (Å²) in [6.45, 7) is 5.57. The summed E-state index contributed by atoms with van der Waals surface area (Å²) < 4.78 is 12.0. The molecule has 1 saturated heterocycles. The van der Waals surface area contributed by atoms with E-state index in [0.29, 0.717) is 50.9 Å². The van der Waals surface area contributed by atoms with E-state index >= 15 is 0 Å². The van der Waals surface area contributed by atoms with E-state index in [-0.39, 0.29) is 11.7 Å². The SMILES string of the molecule is Cc1cc(C)c2c(c1)C(=O)CC1(CCN(C(=O)CCOc3ccccc3)CC1)O2. The van der Waals surface area contributed by atoms with Crippen molar-refractivity contribution in [3.63, 3.8) is 0 Å². The summed E-state index contributed by atoms with van der Waals surface area (Å²) >= 11 is 0. The van der Waals surface area contributed by atoms with Crippen molar-refractivity contribution in [3.8, 4) is 11.5 Å². The number of aryl methyl sites for hydroxylation is 2. The normalized spacial score (nSPS) is 17.6. The molecule has 2 aromatic carbocycles. The summed E-state index contributed by atoms with van der Waals surface area (Å²) in [6.07, 6.45) is 2.10. The van der Waals surface area contributed by atoms with Crippen LogP contribution in [0, 0.1) is 13.8 Å². The third-order valence-electron chi connectivity index (χ3n) is 5.88. The molecule has 5 nitrogen and oxygen atoms in total. The molecule has 1 fully saturated rings. The average Bonchev–Trinajstić information content (AvgIpc) is 2.70. The maximum absolute atomic E-state index is 12.8. The lowest BCUT2D eigenvalue weighted by Crippen LogP contribution is -2.52. The van der Waals surface area contributed by atoms with Gasteiger partial charge in [0.25, 0.3) is 0 Å². The van der Waals surface area contributed by atoms with Gasteiger partial charge in [0.2, 0.25) is 5.91 Å². The Morgan fingerprint density at radius 1 is 1.14 bits per heavy atom. The van der Waals surface area contributed by atoms with E-state index in [9.17, 15) is 9.59 Å². The van der Waals surface area contributed by atoms with Crippen LogP contribution < -0.4 is 9.47 Å². The van der Waals surface area contributed by atoms with E-state index in [1.54, 1.807) is 0 Å². The van der Waals surface area contributed by atoms with Crippen molar-refractivity contribution in [1.82, 2.24) is 4.90 Å². The van der Waals surface area contributed by atoms with E-state index in [0.717, 1.165) is 22.6 Å². The molecule has 29 heavy (non-hydrogen) atoms. The molecule has 0 radical (unpaired) electrons. The van der Waals surface area contributed by atoms with E-state index < -0.39 is 5.60 Å². The molecular weight excluding hydrogens is 366 g/mol. The predicted octanol–water partition coefficient (Wildman–Crippen LogP) is 4.10. The van der Waals surface area contributed by atoms with E-state index in [1.165, 1.54) is 0 Å². The summed E-state index contributed by atoms with van der Waals surface area (Å²) in [7, 11) is 0. The first-order valence-corrected chi connectivity index (χ1v) is 10.2. The second-order valence-electron chi connectivity index (χ2n) is 8.14. The number of rotatable bonds is 4. The fourth-order valence-electron chi connectivity index (χ4n) is 4.31. The van der Waals surface area contributed by atoms with Crippen molar-refractivity contribution in [2.45, 2.75) is 45.1 Å². The standard InChI is InChI=1S/C24H27NO4/c1-17-14-18(2)23-20(15-17)21(26)16-24(29-23)9-11-25(12-10-24)22(27)8-13-28-19-6-4-3-5-7-19/h3-7,14-15H,8-13,16H2,1-2H3. The van der Waals surface area contributed by atoms with Crippen LogP contribution in [0.4, 0.5) is 0 Å². The van der Waals surface area contributed by atoms with Gasteiger partial charge in [0.15, 0.2) is 5.78 Å². The van der Waals surface area contributed by atoms with Gasteiger partial charge in [-0.2, -0.15) is 0 Å². The quantitative estimate of drug-likeness (QED) is 0.785. The molecule has 2 heterocycles. The average molecular weight is 393 g/mol. The van der Waals surface area contributed by atoms with Crippen molar-refractivity contribution in [2.75, 3.05) is 19.7 Å². The predicted molar refractivity (Wildman–Crippen MR) is 111 cm³/mol. The van der Waals surface area contributed by atoms with Gasteiger partial charge >= 0.3 is 0 Å². The number of amides is 1. The number of para-hydroxylation sites is 1. The van der Waals surface area contributed by atoms with Crippen molar-refractivity contribution in [1.29, 1.82) is 0 Å². The zero-order valence-corrected chi connectivity index (χ0v) is 17.1. The number of ether oxygens (including phenoxy) is 2. The topological polar surface area (TPSA) is 55.8 Å². The summed E-state index contributed by atoms with van der Waals surface area (Å²) in [5.74, 6) is 1.73. The molecule has 5 heteroatoms. The third-order valence-corrected chi connectivity index (χ3v) is 5.88. The Morgan fingerprint density at radius 2 is 1.86 bits per heavy atom. The Balaban J connectivity index is 1.34. The highest BCUT2D eigenvalue weighted by molar-refractivity contribution is 6.01. The Hall–Kier alpha value is -2.82. The molecular formula is C24H27NO4. The third kappa shape index (κ3) is 4.14. The molecule has 152 valence electrons. The van der Waals surface area contributed by atoms with Crippen LogP contribution in [0.1, 0.15) is 47.2 Å². The molecule has 2 aromatic rings. The van der Waals surface area contributed by atoms with Gasteiger partial charge in [-0.1, -0.05) is 24.3 Å². The lowest BCUT2D eigenvalue weighted by atomic mass is 9.81. The van der Waals surface area contributed by atoms with Crippen LogP contribution in [0.5, 0.6) is 11.5 Å². The first-order valence-electron chi connectivity index (χ1n) is 10.2. The number of nitrogens with zero attached hydrogens (tertiary/aromatic N) is 1. The molecule has 0 aliphatic carbocycles. The van der Waals surface area contributed by atoms with Crippen LogP contribution in [0.2, 0.25) is 0 Å². The van der Waals surface area contributed by atoms with Gasteiger partial charge in [-0.25, -0.2) is 0 Å². The zero-order chi connectivity index (χ0) is 20.4. The monoisotopic (exact) mass is 393 g/mol. The molecule has 0 saturated carbocycles.